The fourth-order valence-corrected chi connectivity index (χ4v) is 1.48. The second-order valence-electron chi connectivity index (χ2n) is 3.30. The molecular weight excluding hydrogens is 150 g/mol. The van der Waals surface area contributed by atoms with Crippen LogP contribution in [0, 0.1) is 0 Å². The first-order valence-electron chi connectivity index (χ1n) is 4.43. The monoisotopic (exact) mass is 163 g/mol. The summed E-state index contributed by atoms with van der Waals surface area (Å²) in [4.78, 5) is 4.26. The Bertz CT molecular complexity index is 296. The van der Waals surface area contributed by atoms with E-state index in [1.807, 2.05) is 6.20 Å². The minimum absolute atomic E-state index is 0.513. The smallest absolute Gasteiger partial charge is 0.216 e. The molecule has 0 N–H and O–H groups in total. The lowest BCUT2D eigenvalue weighted by Crippen LogP contribution is -1.93. The van der Waals surface area contributed by atoms with Crippen LogP contribution in [0.2, 0.25) is 0 Å². The van der Waals surface area contributed by atoms with Crippen LogP contribution in [-0.4, -0.2) is 11.6 Å². The fourth-order valence-electron chi connectivity index (χ4n) is 1.48. The topological polar surface area (TPSA) is 22.1 Å². The van der Waals surface area contributed by atoms with Crippen molar-refractivity contribution in [1.82, 2.24) is 4.98 Å². The van der Waals surface area contributed by atoms with Crippen LogP contribution in [0.5, 0.6) is 5.88 Å². The zero-order chi connectivity index (χ0) is 8.55. The van der Waals surface area contributed by atoms with Crippen molar-refractivity contribution in [1.29, 1.82) is 0 Å². The maximum absolute atomic E-state index is 5.40. The zero-order valence-corrected chi connectivity index (χ0v) is 7.50. The quantitative estimate of drug-likeness (QED) is 0.632. The van der Waals surface area contributed by atoms with Crippen LogP contribution >= 0.6 is 0 Å². The molecule has 2 heterocycles. The van der Waals surface area contributed by atoms with E-state index >= 15 is 0 Å². The molecule has 0 radical (unpaired) electrons. The molecule has 0 spiro atoms. The molecule has 0 saturated heterocycles. The van der Waals surface area contributed by atoms with Gasteiger partial charge in [-0.1, -0.05) is 13.8 Å². The summed E-state index contributed by atoms with van der Waals surface area (Å²) in [5, 5.41) is 0. The van der Waals surface area contributed by atoms with Gasteiger partial charge in [0, 0.05) is 17.7 Å². The molecule has 0 aliphatic carbocycles. The molecule has 2 rings (SSSR count). The number of hydrogen-bond donors (Lipinski definition) is 0. The molecule has 0 bridgehead atoms. The lowest BCUT2D eigenvalue weighted by atomic mass is 10.0. The Balaban J connectivity index is 2.43. The van der Waals surface area contributed by atoms with Crippen molar-refractivity contribution in [2.75, 3.05) is 6.61 Å². The molecule has 2 heteroatoms. The Morgan fingerprint density at radius 2 is 2.50 bits per heavy atom. The van der Waals surface area contributed by atoms with E-state index in [1.54, 1.807) is 0 Å². The molecule has 64 valence electrons. The van der Waals surface area contributed by atoms with Crippen LogP contribution in [0.15, 0.2) is 12.3 Å². The van der Waals surface area contributed by atoms with E-state index in [4.69, 9.17) is 4.74 Å². The van der Waals surface area contributed by atoms with Crippen LogP contribution in [0.1, 0.15) is 30.9 Å². The maximum Gasteiger partial charge on any atom is 0.216 e. The van der Waals surface area contributed by atoms with Crippen molar-refractivity contribution in [2.45, 2.75) is 26.2 Å². The van der Waals surface area contributed by atoms with Gasteiger partial charge in [-0.15, -0.1) is 0 Å². The van der Waals surface area contributed by atoms with Crippen LogP contribution in [0.4, 0.5) is 0 Å². The minimum atomic E-state index is 0.513. The summed E-state index contributed by atoms with van der Waals surface area (Å²) < 4.78 is 5.40. The lowest BCUT2D eigenvalue weighted by Gasteiger charge is -2.01. The number of aryl methyl sites for hydroxylation is 1. The number of rotatable bonds is 1. The first-order valence-corrected chi connectivity index (χ1v) is 4.43. The Morgan fingerprint density at radius 3 is 3.25 bits per heavy atom. The average molecular weight is 163 g/mol. The number of ether oxygens (including phenoxy) is 1. The summed E-state index contributed by atoms with van der Waals surface area (Å²) in [7, 11) is 0. The molecule has 0 aromatic carbocycles. The van der Waals surface area contributed by atoms with Gasteiger partial charge >= 0.3 is 0 Å². The third kappa shape index (κ3) is 1.07. The number of aromatic nitrogens is 1. The van der Waals surface area contributed by atoms with Gasteiger partial charge in [0.2, 0.25) is 5.88 Å². The van der Waals surface area contributed by atoms with Crippen molar-refractivity contribution in [2.24, 2.45) is 0 Å². The summed E-state index contributed by atoms with van der Waals surface area (Å²) >= 11 is 0. The number of hydrogen-bond acceptors (Lipinski definition) is 2. The molecule has 1 atom stereocenters. The summed E-state index contributed by atoms with van der Waals surface area (Å²) in [6.07, 6.45) is 2.95. The van der Waals surface area contributed by atoms with Gasteiger partial charge in [-0.2, -0.15) is 0 Å². The Morgan fingerprint density at radius 1 is 1.67 bits per heavy atom. The lowest BCUT2D eigenvalue weighted by molar-refractivity contribution is 0.327. The molecule has 0 saturated carbocycles. The summed E-state index contributed by atoms with van der Waals surface area (Å²) in [5.74, 6) is 1.35. The van der Waals surface area contributed by atoms with E-state index in [-0.39, 0.29) is 0 Å². The number of nitrogens with zero attached hydrogens (tertiary/aromatic N) is 1. The molecule has 1 aliphatic rings. The van der Waals surface area contributed by atoms with Gasteiger partial charge in [-0.05, 0) is 18.1 Å². The third-order valence-corrected chi connectivity index (χ3v) is 2.34. The van der Waals surface area contributed by atoms with Crippen molar-refractivity contribution in [3.8, 4) is 5.88 Å². The highest BCUT2D eigenvalue weighted by molar-refractivity contribution is 5.35. The molecule has 12 heavy (non-hydrogen) atoms. The molecule has 0 amide bonds. The molecule has 0 fully saturated rings. The molecular formula is C10H13NO. The maximum atomic E-state index is 5.40. The Labute approximate surface area is 72.6 Å². The highest BCUT2D eigenvalue weighted by atomic mass is 16.5. The highest BCUT2D eigenvalue weighted by Crippen LogP contribution is 2.31. The van der Waals surface area contributed by atoms with Gasteiger partial charge in [-0.3, -0.25) is 0 Å². The SMILES string of the molecule is CCc1cnc2c(c1)C(C)CO2. The largest absolute Gasteiger partial charge is 0.477 e. The van der Waals surface area contributed by atoms with Crippen molar-refractivity contribution >= 4 is 0 Å². The van der Waals surface area contributed by atoms with Crippen molar-refractivity contribution in [3.63, 3.8) is 0 Å². The van der Waals surface area contributed by atoms with E-state index in [0.717, 1.165) is 18.9 Å². The predicted molar refractivity (Wildman–Crippen MR) is 47.5 cm³/mol. The van der Waals surface area contributed by atoms with Crippen molar-refractivity contribution in [3.05, 3.63) is 23.4 Å². The highest BCUT2D eigenvalue weighted by Gasteiger charge is 2.21. The predicted octanol–water partition coefficient (Wildman–Crippen LogP) is 2.14. The Kier molecular flexibility index (Phi) is 1.75. The first kappa shape index (κ1) is 7.59. The third-order valence-electron chi connectivity index (χ3n) is 2.34. The van der Waals surface area contributed by atoms with Crippen molar-refractivity contribution < 1.29 is 4.74 Å². The summed E-state index contributed by atoms with van der Waals surface area (Å²) in [6, 6.07) is 2.21. The van der Waals surface area contributed by atoms with E-state index in [9.17, 15) is 0 Å². The average Bonchev–Trinajstić information content (AvgIpc) is 2.47. The summed E-state index contributed by atoms with van der Waals surface area (Å²) in [6.45, 7) is 5.10. The Hall–Kier alpha value is -1.05. The van der Waals surface area contributed by atoms with Gasteiger partial charge in [0.25, 0.3) is 0 Å². The first-order chi connectivity index (χ1) is 5.81. The van der Waals surface area contributed by atoms with E-state index in [2.05, 4.69) is 24.9 Å². The van der Waals surface area contributed by atoms with Crippen LogP contribution < -0.4 is 4.74 Å². The summed E-state index contributed by atoms with van der Waals surface area (Å²) in [5.41, 5.74) is 2.57. The molecule has 1 aliphatic heterocycles. The van der Waals surface area contributed by atoms with Gasteiger partial charge in [-0.25, -0.2) is 4.98 Å². The van der Waals surface area contributed by atoms with E-state index < -0.39 is 0 Å². The molecule has 1 aromatic heterocycles. The second-order valence-corrected chi connectivity index (χ2v) is 3.30. The standard InChI is InChI=1S/C10H13NO/c1-3-8-4-9-7(2)6-12-10(9)11-5-8/h4-5,7H,3,6H2,1-2H3. The van der Waals surface area contributed by atoms with Crippen LogP contribution in [-0.2, 0) is 6.42 Å². The van der Waals surface area contributed by atoms with E-state index in [0.29, 0.717) is 5.92 Å². The number of pyridine rings is 1. The molecule has 1 unspecified atom stereocenters. The minimum Gasteiger partial charge on any atom is -0.477 e. The fraction of sp³-hybridized carbons (Fsp3) is 0.500. The second kappa shape index (κ2) is 2.77. The normalized spacial score (nSPS) is 20.3. The van der Waals surface area contributed by atoms with Gasteiger partial charge in [0.05, 0.1) is 6.61 Å². The van der Waals surface area contributed by atoms with E-state index in [1.165, 1.54) is 11.1 Å². The van der Waals surface area contributed by atoms with Gasteiger partial charge in [0.15, 0.2) is 0 Å². The number of fused-ring (bicyclic) bond motifs is 1. The van der Waals surface area contributed by atoms with Gasteiger partial charge in [0.1, 0.15) is 0 Å². The molecule has 1 aromatic rings. The van der Waals surface area contributed by atoms with Gasteiger partial charge < -0.3 is 4.74 Å². The van der Waals surface area contributed by atoms with Crippen LogP contribution in [0.25, 0.3) is 0 Å². The molecule has 2 nitrogen and oxygen atoms in total. The zero-order valence-electron chi connectivity index (χ0n) is 7.50. The van der Waals surface area contributed by atoms with Crippen LogP contribution in [0.3, 0.4) is 0 Å².